The second kappa shape index (κ2) is 5.01. The van der Waals surface area contributed by atoms with Crippen molar-refractivity contribution in [3.05, 3.63) is 30.1 Å². The van der Waals surface area contributed by atoms with E-state index in [1.807, 2.05) is 20.8 Å². The molecule has 0 bridgehead atoms. The van der Waals surface area contributed by atoms with Gasteiger partial charge in [-0.25, -0.2) is 0 Å². The lowest BCUT2D eigenvalue weighted by Gasteiger charge is -2.26. The molecule has 2 aromatic rings. The number of hydrogen-bond acceptors (Lipinski definition) is 5. The van der Waals surface area contributed by atoms with Crippen LogP contribution in [0.3, 0.4) is 0 Å². The minimum Gasteiger partial charge on any atom is -0.508 e. The van der Waals surface area contributed by atoms with Crippen LogP contribution in [0.5, 0.6) is 5.75 Å². The molecule has 0 saturated heterocycles. The Kier molecular flexibility index (Phi) is 3.57. The summed E-state index contributed by atoms with van der Waals surface area (Å²) >= 11 is 0. The maximum atomic E-state index is 9.45. The van der Waals surface area contributed by atoms with E-state index in [4.69, 9.17) is 9.26 Å². The highest BCUT2D eigenvalue weighted by Crippen LogP contribution is 2.34. The van der Waals surface area contributed by atoms with Gasteiger partial charge in [0.2, 0.25) is 5.82 Å². The van der Waals surface area contributed by atoms with Crippen molar-refractivity contribution < 1.29 is 14.4 Å². The lowest BCUT2D eigenvalue weighted by molar-refractivity contribution is 0.00718. The van der Waals surface area contributed by atoms with Gasteiger partial charge in [0.15, 0.2) is 0 Å². The van der Waals surface area contributed by atoms with Gasteiger partial charge in [0.05, 0.1) is 0 Å². The summed E-state index contributed by atoms with van der Waals surface area (Å²) in [5.41, 5.74) is 0.553. The Morgan fingerprint density at radius 1 is 1.32 bits per heavy atom. The highest BCUT2D eigenvalue weighted by atomic mass is 16.5. The van der Waals surface area contributed by atoms with Crippen LogP contribution < -0.4 is 0 Å². The number of phenolic OH excluding ortho intramolecular Hbond substituents is 1. The lowest BCUT2D eigenvalue weighted by atomic mass is 9.88. The van der Waals surface area contributed by atoms with Crippen molar-refractivity contribution in [1.29, 1.82) is 0 Å². The van der Waals surface area contributed by atoms with Gasteiger partial charge in [-0.3, -0.25) is 0 Å². The lowest BCUT2D eigenvalue weighted by Crippen LogP contribution is -2.21. The van der Waals surface area contributed by atoms with Gasteiger partial charge < -0.3 is 14.4 Å². The molecular formula is C14H18N2O3. The summed E-state index contributed by atoms with van der Waals surface area (Å²) in [6, 6.07) is 6.70. The molecule has 1 heterocycles. The molecule has 5 nitrogen and oxygen atoms in total. The fourth-order valence-corrected chi connectivity index (χ4v) is 1.94. The van der Waals surface area contributed by atoms with E-state index in [-0.39, 0.29) is 17.3 Å². The molecule has 1 aromatic heterocycles. The van der Waals surface area contributed by atoms with Crippen molar-refractivity contribution in [2.75, 3.05) is 7.11 Å². The molecule has 19 heavy (non-hydrogen) atoms. The number of benzene rings is 1. The van der Waals surface area contributed by atoms with Gasteiger partial charge in [0, 0.05) is 12.7 Å². The molecule has 1 aromatic carbocycles. The number of methoxy groups -OCH3 is 1. The topological polar surface area (TPSA) is 68.4 Å². The number of rotatable bonds is 3. The van der Waals surface area contributed by atoms with Crippen LogP contribution in [0.4, 0.5) is 0 Å². The first kappa shape index (κ1) is 13.5. The van der Waals surface area contributed by atoms with Crippen molar-refractivity contribution in [3.8, 4) is 17.2 Å². The second-order valence-corrected chi connectivity index (χ2v) is 5.49. The van der Waals surface area contributed by atoms with E-state index in [2.05, 4.69) is 10.1 Å². The van der Waals surface area contributed by atoms with Crippen molar-refractivity contribution in [2.45, 2.75) is 26.9 Å². The minimum absolute atomic E-state index is 0.130. The van der Waals surface area contributed by atoms with Crippen LogP contribution >= 0.6 is 0 Å². The summed E-state index contributed by atoms with van der Waals surface area (Å²) in [5, 5.41) is 13.4. The SMILES string of the molecule is COC(c1noc(-c2cccc(O)c2)n1)C(C)(C)C. The number of aromatic nitrogens is 2. The van der Waals surface area contributed by atoms with Gasteiger partial charge in [0.1, 0.15) is 11.9 Å². The zero-order valence-corrected chi connectivity index (χ0v) is 11.5. The van der Waals surface area contributed by atoms with Crippen molar-refractivity contribution in [3.63, 3.8) is 0 Å². The van der Waals surface area contributed by atoms with Crippen LogP contribution in [-0.2, 0) is 4.74 Å². The van der Waals surface area contributed by atoms with Gasteiger partial charge >= 0.3 is 0 Å². The molecule has 1 atom stereocenters. The Labute approximate surface area is 112 Å². The summed E-state index contributed by atoms with van der Waals surface area (Å²) in [5.74, 6) is 1.04. The third-order valence-electron chi connectivity index (χ3n) is 2.79. The Bertz CT molecular complexity index is 558. The summed E-state index contributed by atoms with van der Waals surface area (Å²) in [7, 11) is 1.63. The highest BCUT2D eigenvalue weighted by molar-refractivity contribution is 5.55. The first-order valence-electron chi connectivity index (χ1n) is 6.07. The molecule has 0 spiro atoms. The molecule has 0 amide bonds. The Morgan fingerprint density at radius 3 is 2.63 bits per heavy atom. The smallest absolute Gasteiger partial charge is 0.258 e. The molecule has 0 radical (unpaired) electrons. The summed E-state index contributed by atoms with van der Waals surface area (Å²) < 4.78 is 10.7. The molecule has 102 valence electrons. The van der Waals surface area contributed by atoms with Crippen LogP contribution in [0.15, 0.2) is 28.8 Å². The predicted molar refractivity (Wildman–Crippen MR) is 70.6 cm³/mol. The first-order chi connectivity index (χ1) is 8.91. The third-order valence-corrected chi connectivity index (χ3v) is 2.79. The van der Waals surface area contributed by atoms with Gasteiger partial charge in [-0.2, -0.15) is 4.98 Å². The van der Waals surface area contributed by atoms with Crippen LogP contribution in [-0.4, -0.2) is 22.4 Å². The average Bonchev–Trinajstić information content (AvgIpc) is 2.77. The standard InChI is InChI=1S/C14H18N2O3/c1-14(2,3)11(18-4)12-15-13(19-16-12)9-6-5-7-10(17)8-9/h5-8,11,17H,1-4H3. The van der Waals surface area contributed by atoms with Crippen LogP contribution in [0.2, 0.25) is 0 Å². The number of aromatic hydroxyl groups is 1. The Hall–Kier alpha value is -1.88. The summed E-state index contributed by atoms with van der Waals surface area (Å²) in [6.07, 6.45) is -0.248. The van der Waals surface area contributed by atoms with E-state index < -0.39 is 0 Å². The number of phenols is 1. The molecule has 5 heteroatoms. The van der Waals surface area contributed by atoms with Crippen molar-refractivity contribution in [1.82, 2.24) is 10.1 Å². The van der Waals surface area contributed by atoms with E-state index in [9.17, 15) is 5.11 Å². The van der Waals surface area contributed by atoms with E-state index >= 15 is 0 Å². The number of hydrogen-bond donors (Lipinski definition) is 1. The van der Waals surface area contributed by atoms with Gasteiger partial charge in [0.25, 0.3) is 5.89 Å². The molecule has 0 aliphatic rings. The van der Waals surface area contributed by atoms with E-state index in [0.29, 0.717) is 17.3 Å². The molecule has 0 fully saturated rings. The molecule has 0 saturated carbocycles. The first-order valence-corrected chi connectivity index (χ1v) is 6.07. The maximum absolute atomic E-state index is 9.45. The summed E-state index contributed by atoms with van der Waals surface area (Å²) in [4.78, 5) is 4.35. The van der Waals surface area contributed by atoms with E-state index in [1.165, 1.54) is 0 Å². The molecule has 1 unspecified atom stereocenters. The summed E-state index contributed by atoms with van der Waals surface area (Å²) in [6.45, 7) is 6.14. The fourth-order valence-electron chi connectivity index (χ4n) is 1.94. The number of nitrogens with zero attached hydrogens (tertiary/aromatic N) is 2. The molecular weight excluding hydrogens is 244 g/mol. The van der Waals surface area contributed by atoms with Crippen LogP contribution in [0, 0.1) is 5.41 Å². The minimum atomic E-state index is -0.248. The van der Waals surface area contributed by atoms with Gasteiger partial charge in [-0.05, 0) is 23.6 Å². The fraction of sp³-hybridized carbons (Fsp3) is 0.429. The average molecular weight is 262 g/mol. The molecule has 1 N–H and O–H groups in total. The zero-order chi connectivity index (χ0) is 14.0. The van der Waals surface area contributed by atoms with Crippen LogP contribution in [0.25, 0.3) is 11.5 Å². The van der Waals surface area contributed by atoms with Crippen molar-refractivity contribution >= 4 is 0 Å². The molecule has 2 rings (SSSR count). The van der Waals surface area contributed by atoms with E-state index in [1.54, 1.807) is 31.4 Å². The molecule has 0 aliphatic carbocycles. The Balaban J connectivity index is 2.33. The van der Waals surface area contributed by atoms with E-state index in [0.717, 1.165) is 0 Å². The Morgan fingerprint density at radius 2 is 2.05 bits per heavy atom. The maximum Gasteiger partial charge on any atom is 0.258 e. The number of ether oxygens (including phenoxy) is 1. The quantitative estimate of drug-likeness (QED) is 0.920. The molecule has 0 aliphatic heterocycles. The predicted octanol–water partition coefficient (Wildman–Crippen LogP) is 3.18. The normalized spacial score (nSPS) is 13.5. The monoisotopic (exact) mass is 262 g/mol. The second-order valence-electron chi connectivity index (χ2n) is 5.49. The van der Waals surface area contributed by atoms with Gasteiger partial charge in [-0.1, -0.05) is 32.0 Å². The third kappa shape index (κ3) is 2.93. The highest BCUT2D eigenvalue weighted by Gasteiger charge is 2.30. The van der Waals surface area contributed by atoms with Crippen molar-refractivity contribution in [2.24, 2.45) is 5.41 Å². The van der Waals surface area contributed by atoms with Crippen LogP contribution in [0.1, 0.15) is 32.7 Å². The zero-order valence-electron chi connectivity index (χ0n) is 11.5. The van der Waals surface area contributed by atoms with Gasteiger partial charge in [-0.15, -0.1) is 0 Å². The largest absolute Gasteiger partial charge is 0.508 e.